The predicted octanol–water partition coefficient (Wildman–Crippen LogP) is 10.6. The molecule has 3 aromatic carbocycles. The van der Waals surface area contributed by atoms with E-state index in [1.807, 2.05) is 50.9 Å². The summed E-state index contributed by atoms with van der Waals surface area (Å²) >= 11 is 0. The number of sulfonamides is 3. The first-order valence-electron chi connectivity index (χ1n) is 33.3. The maximum absolute atomic E-state index is 13.4. The molecule has 3 amide bonds. The minimum atomic E-state index is -4.43. The molecule has 4 N–H and O–H groups in total. The van der Waals surface area contributed by atoms with Crippen molar-refractivity contribution in [3.05, 3.63) is 191 Å². The number of nitrogens with one attached hydrogen (secondary N) is 4. The Bertz CT molecular complexity index is 5180. The fourth-order valence-corrected chi connectivity index (χ4v) is 16.4. The maximum atomic E-state index is 13.4. The summed E-state index contributed by atoms with van der Waals surface area (Å²) < 4.78 is 106. The molecule has 12 rings (SSSR count). The third-order valence-corrected chi connectivity index (χ3v) is 21.6. The third kappa shape index (κ3) is 17.2. The summed E-state index contributed by atoms with van der Waals surface area (Å²) in [6.45, 7) is 20.9. The van der Waals surface area contributed by atoms with Gasteiger partial charge in [0.2, 0.25) is 11.8 Å². The van der Waals surface area contributed by atoms with Crippen LogP contribution in [-0.2, 0) is 30.1 Å². The van der Waals surface area contributed by atoms with Crippen molar-refractivity contribution in [3.63, 3.8) is 0 Å². The molecule has 29 heteroatoms. The van der Waals surface area contributed by atoms with E-state index in [4.69, 9.17) is 30.4 Å². The summed E-state index contributed by atoms with van der Waals surface area (Å²) in [4.78, 5) is 81.2. The van der Waals surface area contributed by atoms with Crippen LogP contribution in [0.5, 0.6) is 29.0 Å². The van der Waals surface area contributed by atoms with Crippen LogP contribution in [0.1, 0.15) is 113 Å². The standard InChI is InChI=1S/C28H28N4O4S.C26H30N4O6S.C21H24N4O4S/c1-19-17-28(2,3)32(18-19)26-22(12-8-16-29-26)27(33)31-37(34,35)25-15-7-14-24(30-25)36-23-13-6-10-20-9-4-5-11-21(20)23;1-16-14-26(2,3)30(15-16)23-18(24(31)29-37(33,34)22-7-6-12-27-25(22)32)9-10-20(28-23)19-13-17(35-4)8-11-21(19)36-5;1-5-12-29-17-9-6-10-18(23-17)30(27,28)24-20(26)16-8-7-11-22-19(16)25-14-15(2)13-21(25,3)4/h4-16,19H,17-18H2,1-3H3,(H,31,33);6-13,16H,14-15H2,1-5H3,(H,27,32)(H,29,31);1,6-11,15H,12-14H2,2-4H3,(H,24,26)/t;16-;/m.0./s1. The molecule has 3 fully saturated rings. The molecule has 0 bridgehead atoms. The van der Waals surface area contributed by atoms with Gasteiger partial charge in [0.1, 0.15) is 34.7 Å². The molecule has 3 aliphatic rings. The maximum Gasteiger partial charge on any atom is 0.281 e. The zero-order chi connectivity index (χ0) is 75.1. The molecule has 2 unspecified atom stereocenters. The predicted molar refractivity (Wildman–Crippen MR) is 395 cm³/mol. The first-order valence-corrected chi connectivity index (χ1v) is 37.7. The first kappa shape index (κ1) is 75.7. The van der Waals surface area contributed by atoms with E-state index < -0.39 is 58.2 Å². The van der Waals surface area contributed by atoms with Crippen molar-refractivity contribution in [2.24, 2.45) is 17.8 Å². The van der Waals surface area contributed by atoms with Gasteiger partial charge in [-0.2, -0.15) is 26.8 Å². The number of rotatable bonds is 19. The fraction of sp³-hybridized carbons (Fsp3) is 0.320. The molecule has 3 atom stereocenters. The number of fused-ring (bicyclic) bond motifs is 1. The molecule has 3 saturated heterocycles. The van der Waals surface area contributed by atoms with Gasteiger partial charge in [-0.3, -0.25) is 19.2 Å². The summed E-state index contributed by atoms with van der Waals surface area (Å²) in [5.74, 6) is 4.17. The second-order valence-corrected chi connectivity index (χ2v) is 32.4. The minimum absolute atomic E-state index is 0.0497. The average Bonchev–Trinajstić information content (AvgIpc) is 1.55. The molecule has 6 aromatic heterocycles. The number of terminal acetylenes is 1. The highest BCUT2D eigenvalue weighted by Gasteiger charge is 2.42. The van der Waals surface area contributed by atoms with Crippen LogP contribution in [0.25, 0.3) is 22.0 Å². The molecule has 3 aliphatic heterocycles. The second-order valence-electron chi connectivity index (χ2n) is 27.4. The zero-order valence-electron chi connectivity index (χ0n) is 59.4. The van der Waals surface area contributed by atoms with Crippen LogP contribution in [0.2, 0.25) is 0 Å². The van der Waals surface area contributed by atoms with Crippen molar-refractivity contribution in [2.75, 3.05) is 55.2 Å². The van der Waals surface area contributed by atoms with Crippen LogP contribution in [0, 0.1) is 30.1 Å². The van der Waals surface area contributed by atoms with Gasteiger partial charge < -0.3 is 38.6 Å². The van der Waals surface area contributed by atoms with Crippen LogP contribution in [0.3, 0.4) is 0 Å². The Labute approximate surface area is 605 Å². The number of pyridine rings is 6. The van der Waals surface area contributed by atoms with Crippen molar-refractivity contribution in [1.82, 2.24) is 44.1 Å². The molecule has 104 heavy (non-hydrogen) atoms. The number of H-pyrrole nitrogens is 1. The van der Waals surface area contributed by atoms with Crippen LogP contribution in [0.15, 0.2) is 184 Å². The number of carbonyl (C=O) groups is 3. The van der Waals surface area contributed by atoms with Gasteiger partial charge in [0, 0.05) is 77.9 Å². The topological polar surface area (TPSA) is 334 Å². The molecular weight excluding hydrogens is 1390 g/mol. The number of aromatic amines is 1. The number of aromatic nitrogens is 6. The molecule has 9 heterocycles. The number of carbonyl (C=O) groups excluding carboxylic acids is 3. The monoisotopic (exact) mass is 1470 g/mol. The highest BCUT2D eigenvalue weighted by atomic mass is 32.2. The van der Waals surface area contributed by atoms with Crippen LogP contribution in [-0.4, -0.2) is 130 Å². The Morgan fingerprint density at radius 3 is 1.57 bits per heavy atom. The summed E-state index contributed by atoms with van der Waals surface area (Å²) in [6.07, 6.45) is 12.4. The van der Waals surface area contributed by atoms with E-state index in [0.29, 0.717) is 70.3 Å². The molecule has 0 saturated carbocycles. The highest BCUT2D eigenvalue weighted by molar-refractivity contribution is 7.90. The third-order valence-electron chi connectivity index (χ3n) is 17.8. The number of benzene rings is 3. The quantitative estimate of drug-likeness (QED) is 0.0547. The van der Waals surface area contributed by atoms with Gasteiger partial charge in [-0.25, -0.2) is 37.5 Å². The molecule has 0 aliphatic carbocycles. The molecule has 544 valence electrons. The summed E-state index contributed by atoms with van der Waals surface area (Å²) in [5, 5.41) is 1.20. The number of methoxy groups -OCH3 is 2. The number of anilines is 3. The highest BCUT2D eigenvalue weighted by Crippen LogP contribution is 2.42. The first-order chi connectivity index (χ1) is 49.2. The Hall–Kier alpha value is -11.0. The summed E-state index contributed by atoms with van der Waals surface area (Å²) in [6, 6.07) is 39.3. The number of ether oxygens (including phenoxy) is 4. The van der Waals surface area contributed by atoms with E-state index in [-0.39, 0.29) is 61.7 Å². The minimum Gasteiger partial charge on any atom is -0.497 e. The van der Waals surface area contributed by atoms with Crippen LogP contribution >= 0.6 is 0 Å². The zero-order valence-corrected chi connectivity index (χ0v) is 61.8. The van der Waals surface area contributed by atoms with Gasteiger partial charge in [0.25, 0.3) is 53.4 Å². The normalized spacial score (nSPS) is 17.2. The largest absolute Gasteiger partial charge is 0.497 e. The van der Waals surface area contributed by atoms with Crippen LogP contribution in [0.4, 0.5) is 17.5 Å². The van der Waals surface area contributed by atoms with Crippen LogP contribution < -0.4 is 53.4 Å². The van der Waals surface area contributed by atoms with E-state index in [1.54, 1.807) is 87.3 Å². The van der Waals surface area contributed by atoms with Gasteiger partial charge in [-0.1, -0.05) is 75.2 Å². The van der Waals surface area contributed by atoms with Gasteiger partial charge in [-0.05, 0) is 169 Å². The van der Waals surface area contributed by atoms with E-state index in [2.05, 4.69) is 107 Å². The van der Waals surface area contributed by atoms with Gasteiger partial charge >= 0.3 is 0 Å². The van der Waals surface area contributed by atoms with Gasteiger partial charge in [0.15, 0.2) is 21.6 Å². The molecular formula is C75H82N12O14S3. The number of nitrogens with zero attached hydrogens (tertiary/aromatic N) is 8. The summed E-state index contributed by atoms with van der Waals surface area (Å²) in [7, 11) is -9.82. The molecule has 0 spiro atoms. The Morgan fingerprint density at radius 1 is 0.548 bits per heavy atom. The summed E-state index contributed by atoms with van der Waals surface area (Å²) in [5.41, 5.74) is 0.0546. The SMILES string of the molecule is C#CCOc1cccc(S(=O)(=O)NC(=O)c2cccnc2N2CC(C)CC2(C)C)n1.CC1CN(c2ncccc2C(=O)NS(=O)(=O)c2cccc(Oc3cccc4ccccc34)n2)C(C)(C)C1.COc1ccc(OC)c(-c2ccc(C(=O)NS(=O)(=O)c3ccc[nH]c3=O)c(N3C[C@@H](C)CC3(C)C)n2)c1. The van der Waals surface area contributed by atoms with Crippen molar-refractivity contribution >= 4 is 76.0 Å². The second kappa shape index (κ2) is 30.9. The smallest absolute Gasteiger partial charge is 0.281 e. The van der Waals surface area contributed by atoms with Gasteiger partial charge in [-0.15, -0.1) is 6.42 Å². The van der Waals surface area contributed by atoms with Crippen molar-refractivity contribution in [2.45, 2.75) is 113 Å². The Kier molecular flexibility index (Phi) is 22.5. The number of hydrogen-bond acceptors (Lipinski definition) is 22. The Morgan fingerprint density at radius 2 is 1.05 bits per heavy atom. The van der Waals surface area contributed by atoms with Crippen molar-refractivity contribution in [3.8, 4) is 52.6 Å². The lowest BCUT2D eigenvalue weighted by atomic mass is 9.97. The molecule has 26 nitrogen and oxygen atoms in total. The molecule has 0 radical (unpaired) electrons. The Balaban J connectivity index is 0.000000169. The lowest BCUT2D eigenvalue weighted by Gasteiger charge is -2.34. The van der Waals surface area contributed by atoms with E-state index >= 15 is 0 Å². The lowest BCUT2D eigenvalue weighted by molar-refractivity contribution is 0.0972. The van der Waals surface area contributed by atoms with Crippen molar-refractivity contribution < 1.29 is 58.6 Å². The average molecular weight is 1470 g/mol. The lowest BCUT2D eigenvalue weighted by Crippen LogP contribution is -2.41. The fourth-order valence-electron chi connectivity index (χ4n) is 13.5. The van der Waals surface area contributed by atoms with Gasteiger partial charge in [0.05, 0.1) is 36.6 Å². The van der Waals surface area contributed by atoms with E-state index in [0.717, 1.165) is 49.2 Å². The van der Waals surface area contributed by atoms with Crippen molar-refractivity contribution in [1.29, 1.82) is 0 Å². The number of amides is 3. The van der Waals surface area contributed by atoms with E-state index in [1.165, 1.54) is 48.7 Å². The number of hydrogen-bond donors (Lipinski definition) is 4. The molecule has 9 aromatic rings. The van der Waals surface area contributed by atoms with E-state index in [9.17, 15) is 44.4 Å².